The van der Waals surface area contributed by atoms with Crippen LogP contribution in [-0.2, 0) is 9.53 Å². The number of esters is 1. The lowest BCUT2D eigenvalue weighted by Gasteiger charge is -2.16. The van der Waals surface area contributed by atoms with Gasteiger partial charge in [-0.05, 0) is 25.0 Å². The van der Waals surface area contributed by atoms with E-state index >= 15 is 0 Å². The smallest absolute Gasteiger partial charge is 0.338 e. The van der Waals surface area contributed by atoms with Crippen LogP contribution in [0.1, 0.15) is 48.9 Å². The second-order valence-electron chi connectivity index (χ2n) is 6.25. The van der Waals surface area contributed by atoms with Crippen molar-refractivity contribution < 1.29 is 28.5 Å². The van der Waals surface area contributed by atoms with Crippen molar-refractivity contribution in [3.05, 3.63) is 17.7 Å². The van der Waals surface area contributed by atoms with E-state index in [1.165, 1.54) is 46.3 Å². The number of amides is 1. The molecule has 1 aliphatic rings. The number of nitrogens with one attached hydrogen (secondary N) is 1. The lowest BCUT2D eigenvalue weighted by molar-refractivity contribution is -0.125. The normalized spacial score (nSPS) is 14.9. The van der Waals surface area contributed by atoms with Crippen LogP contribution in [0.2, 0.25) is 0 Å². The van der Waals surface area contributed by atoms with Gasteiger partial charge in [0.1, 0.15) is 0 Å². The van der Waals surface area contributed by atoms with Crippen LogP contribution in [-0.4, -0.2) is 45.9 Å². The Bertz CT molecular complexity index is 597. The fraction of sp³-hybridized carbons (Fsp3) is 0.579. The standard InChI is InChI=1S/C19H27NO6/c1-23-15-10-13(11-16(24-2)18(15)25-3)19(22)26-12-17(21)20-14-8-6-4-5-7-9-14/h10-11,14H,4-9,12H2,1-3H3,(H,20,21). The van der Waals surface area contributed by atoms with Gasteiger partial charge in [0.05, 0.1) is 26.9 Å². The molecule has 0 saturated heterocycles. The van der Waals surface area contributed by atoms with E-state index in [-0.39, 0.29) is 24.1 Å². The van der Waals surface area contributed by atoms with Gasteiger partial charge in [0, 0.05) is 6.04 Å². The fourth-order valence-corrected chi connectivity index (χ4v) is 3.11. The molecular formula is C19H27NO6. The van der Waals surface area contributed by atoms with Gasteiger partial charge in [0.15, 0.2) is 18.1 Å². The van der Waals surface area contributed by atoms with Gasteiger partial charge in [0.25, 0.3) is 5.91 Å². The first kappa shape index (κ1) is 19.9. The van der Waals surface area contributed by atoms with Crippen molar-refractivity contribution in [1.29, 1.82) is 0 Å². The van der Waals surface area contributed by atoms with Crippen molar-refractivity contribution in [3.63, 3.8) is 0 Å². The Kier molecular flexibility index (Phi) is 7.56. The molecule has 1 aromatic carbocycles. The molecule has 0 atom stereocenters. The summed E-state index contributed by atoms with van der Waals surface area (Å²) in [5.41, 5.74) is 0.224. The lowest BCUT2D eigenvalue weighted by Crippen LogP contribution is -2.37. The van der Waals surface area contributed by atoms with Crippen LogP contribution in [0, 0.1) is 0 Å². The maximum absolute atomic E-state index is 12.3. The first-order chi connectivity index (χ1) is 12.6. The van der Waals surface area contributed by atoms with Crippen LogP contribution in [0.4, 0.5) is 0 Å². The van der Waals surface area contributed by atoms with E-state index < -0.39 is 5.97 Å². The third-order valence-corrected chi connectivity index (χ3v) is 4.46. The highest BCUT2D eigenvalue weighted by molar-refractivity contribution is 5.92. The quantitative estimate of drug-likeness (QED) is 0.591. The van der Waals surface area contributed by atoms with Crippen LogP contribution in [0.3, 0.4) is 0 Å². The van der Waals surface area contributed by atoms with E-state index in [0.717, 1.165) is 25.7 Å². The second kappa shape index (κ2) is 9.89. The minimum Gasteiger partial charge on any atom is -0.493 e. The third kappa shape index (κ3) is 5.28. The van der Waals surface area contributed by atoms with E-state index in [9.17, 15) is 9.59 Å². The minimum absolute atomic E-state index is 0.171. The molecule has 1 amide bonds. The number of ether oxygens (including phenoxy) is 4. The van der Waals surface area contributed by atoms with Gasteiger partial charge in [-0.15, -0.1) is 0 Å². The Morgan fingerprint density at radius 1 is 0.962 bits per heavy atom. The zero-order valence-corrected chi connectivity index (χ0v) is 15.6. The Balaban J connectivity index is 1.95. The molecule has 2 rings (SSSR count). The summed E-state index contributed by atoms with van der Waals surface area (Å²) in [7, 11) is 4.41. The fourth-order valence-electron chi connectivity index (χ4n) is 3.11. The van der Waals surface area contributed by atoms with Gasteiger partial charge in [-0.1, -0.05) is 25.7 Å². The summed E-state index contributed by atoms with van der Waals surface area (Å²) in [5, 5.41) is 2.94. The first-order valence-electron chi connectivity index (χ1n) is 8.85. The summed E-state index contributed by atoms with van der Waals surface area (Å²) in [6.45, 7) is -0.313. The first-order valence-corrected chi connectivity index (χ1v) is 8.85. The van der Waals surface area contributed by atoms with E-state index in [4.69, 9.17) is 18.9 Å². The molecule has 1 fully saturated rings. The van der Waals surface area contributed by atoms with Crippen molar-refractivity contribution >= 4 is 11.9 Å². The largest absolute Gasteiger partial charge is 0.493 e. The second-order valence-corrected chi connectivity index (χ2v) is 6.25. The van der Waals surface area contributed by atoms with Crippen LogP contribution >= 0.6 is 0 Å². The SMILES string of the molecule is COc1cc(C(=O)OCC(=O)NC2CCCCCC2)cc(OC)c1OC. The zero-order valence-electron chi connectivity index (χ0n) is 15.6. The van der Waals surface area contributed by atoms with Gasteiger partial charge in [0.2, 0.25) is 5.75 Å². The predicted octanol–water partition coefficient (Wildman–Crippen LogP) is 2.71. The molecule has 0 aromatic heterocycles. The molecule has 1 N–H and O–H groups in total. The molecule has 1 aromatic rings. The van der Waals surface area contributed by atoms with Crippen molar-refractivity contribution in [2.24, 2.45) is 0 Å². The maximum Gasteiger partial charge on any atom is 0.338 e. The van der Waals surface area contributed by atoms with Crippen molar-refractivity contribution in [2.75, 3.05) is 27.9 Å². The van der Waals surface area contributed by atoms with Gasteiger partial charge < -0.3 is 24.3 Å². The summed E-state index contributed by atoms with van der Waals surface area (Å²) < 4.78 is 20.8. The molecule has 0 bridgehead atoms. The summed E-state index contributed by atoms with van der Waals surface area (Å²) in [4.78, 5) is 24.3. The Labute approximate surface area is 153 Å². The van der Waals surface area contributed by atoms with E-state index in [2.05, 4.69) is 5.32 Å². The molecule has 0 aliphatic heterocycles. The number of hydrogen-bond acceptors (Lipinski definition) is 6. The van der Waals surface area contributed by atoms with Gasteiger partial charge in [-0.3, -0.25) is 4.79 Å². The zero-order chi connectivity index (χ0) is 18.9. The molecule has 0 heterocycles. The van der Waals surface area contributed by atoms with E-state index in [1.54, 1.807) is 0 Å². The Morgan fingerprint density at radius 3 is 2.04 bits per heavy atom. The third-order valence-electron chi connectivity index (χ3n) is 4.46. The maximum atomic E-state index is 12.3. The molecule has 144 valence electrons. The van der Waals surface area contributed by atoms with Gasteiger partial charge in [-0.25, -0.2) is 4.79 Å². The number of rotatable bonds is 7. The van der Waals surface area contributed by atoms with Crippen molar-refractivity contribution in [1.82, 2.24) is 5.32 Å². The number of hydrogen-bond donors (Lipinski definition) is 1. The van der Waals surface area contributed by atoms with Crippen molar-refractivity contribution in [3.8, 4) is 17.2 Å². The minimum atomic E-state index is -0.625. The van der Waals surface area contributed by atoms with Crippen LogP contribution < -0.4 is 19.5 Å². The number of carbonyl (C=O) groups excluding carboxylic acids is 2. The number of carbonyl (C=O) groups is 2. The molecule has 1 aliphatic carbocycles. The average Bonchev–Trinajstić information content (AvgIpc) is 2.93. The summed E-state index contributed by atoms with van der Waals surface area (Å²) in [6, 6.07) is 3.16. The molecule has 26 heavy (non-hydrogen) atoms. The highest BCUT2D eigenvalue weighted by Gasteiger charge is 2.20. The molecule has 7 nitrogen and oxygen atoms in total. The van der Waals surface area contributed by atoms with Gasteiger partial charge >= 0.3 is 5.97 Å². The van der Waals surface area contributed by atoms with Gasteiger partial charge in [-0.2, -0.15) is 0 Å². The summed E-state index contributed by atoms with van der Waals surface area (Å²) >= 11 is 0. The topological polar surface area (TPSA) is 83.1 Å². The average molecular weight is 365 g/mol. The molecule has 0 radical (unpaired) electrons. The molecule has 7 heteroatoms. The summed E-state index contributed by atoms with van der Waals surface area (Å²) in [5.74, 6) is 0.180. The highest BCUT2D eigenvalue weighted by atomic mass is 16.5. The molecule has 1 saturated carbocycles. The van der Waals surface area contributed by atoms with E-state index in [0.29, 0.717) is 17.2 Å². The monoisotopic (exact) mass is 365 g/mol. The molecular weight excluding hydrogens is 338 g/mol. The van der Waals surface area contributed by atoms with Crippen LogP contribution in [0.5, 0.6) is 17.2 Å². The van der Waals surface area contributed by atoms with Crippen LogP contribution in [0.15, 0.2) is 12.1 Å². The number of benzene rings is 1. The lowest BCUT2D eigenvalue weighted by atomic mass is 10.1. The predicted molar refractivity (Wildman–Crippen MR) is 96.0 cm³/mol. The Morgan fingerprint density at radius 2 is 1.54 bits per heavy atom. The molecule has 0 unspecified atom stereocenters. The van der Waals surface area contributed by atoms with Crippen molar-refractivity contribution in [2.45, 2.75) is 44.6 Å². The highest BCUT2D eigenvalue weighted by Crippen LogP contribution is 2.38. The summed E-state index contributed by atoms with van der Waals surface area (Å²) in [6.07, 6.45) is 6.62. The van der Waals surface area contributed by atoms with E-state index in [1.807, 2.05) is 0 Å². The molecule has 0 spiro atoms. The Hall–Kier alpha value is -2.44. The number of methoxy groups -OCH3 is 3. The van der Waals surface area contributed by atoms with Crippen LogP contribution in [0.25, 0.3) is 0 Å².